The minimum atomic E-state index is -0.445. The Kier molecular flexibility index (Phi) is 3.97. The van der Waals surface area contributed by atoms with Gasteiger partial charge in [0.15, 0.2) is 0 Å². The van der Waals surface area contributed by atoms with Crippen molar-refractivity contribution in [3.8, 4) is 0 Å². The van der Waals surface area contributed by atoms with Gasteiger partial charge in [-0.1, -0.05) is 19.1 Å². The minimum Gasteiger partial charge on any atom is -0.334 e. The topological polar surface area (TPSA) is 46.3 Å². The molecular weight excluding hydrogens is 231 g/mol. The molecule has 18 heavy (non-hydrogen) atoms. The van der Waals surface area contributed by atoms with Gasteiger partial charge in [-0.05, 0) is 37.0 Å². The van der Waals surface area contributed by atoms with Crippen LogP contribution in [0.1, 0.15) is 31.7 Å². The maximum absolute atomic E-state index is 13.1. The number of amides is 1. The predicted octanol–water partition coefficient (Wildman–Crippen LogP) is 2.05. The fourth-order valence-electron chi connectivity index (χ4n) is 1.99. The van der Waals surface area contributed by atoms with E-state index in [1.807, 2.05) is 13.0 Å². The van der Waals surface area contributed by atoms with Gasteiger partial charge in [-0.25, -0.2) is 4.39 Å². The largest absolute Gasteiger partial charge is 0.334 e. The molecule has 0 aromatic heterocycles. The molecule has 1 aliphatic rings. The minimum absolute atomic E-state index is 0.0238. The molecule has 98 valence electrons. The molecule has 1 aromatic carbocycles. The third-order valence-corrected chi connectivity index (χ3v) is 3.27. The Balaban J connectivity index is 2.09. The first-order valence-electron chi connectivity index (χ1n) is 6.42. The lowest BCUT2D eigenvalue weighted by Gasteiger charge is -2.25. The number of rotatable bonds is 5. The molecule has 4 heteroatoms. The van der Waals surface area contributed by atoms with E-state index in [0.29, 0.717) is 19.0 Å². The van der Waals surface area contributed by atoms with E-state index in [2.05, 4.69) is 0 Å². The van der Waals surface area contributed by atoms with Gasteiger partial charge in [0.1, 0.15) is 5.82 Å². The van der Waals surface area contributed by atoms with Crippen LogP contribution >= 0.6 is 0 Å². The van der Waals surface area contributed by atoms with Crippen molar-refractivity contribution in [3.63, 3.8) is 0 Å². The molecule has 1 saturated carbocycles. The summed E-state index contributed by atoms with van der Waals surface area (Å²) in [5.41, 5.74) is 6.62. The van der Waals surface area contributed by atoms with Crippen LogP contribution in [0.5, 0.6) is 0 Å². The number of hydrogen-bond donors (Lipinski definition) is 1. The maximum atomic E-state index is 13.1. The van der Waals surface area contributed by atoms with Gasteiger partial charge >= 0.3 is 0 Å². The van der Waals surface area contributed by atoms with Gasteiger partial charge in [-0.15, -0.1) is 0 Å². The second-order valence-corrected chi connectivity index (χ2v) is 4.84. The number of carbonyl (C=O) groups is 1. The average Bonchev–Trinajstić information content (AvgIpc) is 3.18. The molecule has 2 N–H and O–H groups in total. The van der Waals surface area contributed by atoms with Crippen LogP contribution in [0.15, 0.2) is 24.3 Å². The van der Waals surface area contributed by atoms with Gasteiger partial charge in [0.05, 0.1) is 6.04 Å². The fraction of sp³-hybridized carbons (Fsp3) is 0.500. The third kappa shape index (κ3) is 3.07. The molecule has 0 saturated heterocycles. The summed E-state index contributed by atoms with van der Waals surface area (Å²) < 4.78 is 13.1. The van der Waals surface area contributed by atoms with Crippen molar-refractivity contribution in [1.82, 2.24) is 4.90 Å². The number of benzene rings is 1. The van der Waals surface area contributed by atoms with E-state index in [9.17, 15) is 9.18 Å². The molecule has 0 radical (unpaired) electrons. The molecule has 0 spiro atoms. The van der Waals surface area contributed by atoms with Crippen molar-refractivity contribution in [3.05, 3.63) is 35.6 Å². The standard InChI is InChI=1S/C14H19FN2O/c1-2-13(16)14(18)17(12-6-7-12)9-10-4-3-5-11(15)8-10/h3-5,8,12-13H,2,6-7,9,16H2,1H3/t13-/m0/s1. The molecule has 0 aliphatic heterocycles. The SMILES string of the molecule is CC[C@H](N)C(=O)N(Cc1cccc(F)c1)C1CC1. The van der Waals surface area contributed by atoms with Crippen molar-refractivity contribution < 1.29 is 9.18 Å². The number of nitrogens with zero attached hydrogens (tertiary/aromatic N) is 1. The highest BCUT2D eigenvalue weighted by Crippen LogP contribution is 2.29. The molecule has 1 fully saturated rings. The Morgan fingerprint density at radius 1 is 1.56 bits per heavy atom. The van der Waals surface area contributed by atoms with Crippen LogP contribution in [-0.4, -0.2) is 22.9 Å². The average molecular weight is 250 g/mol. The van der Waals surface area contributed by atoms with Gasteiger partial charge in [0.2, 0.25) is 5.91 Å². The van der Waals surface area contributed by atoms with Gasteiger partial charge in [0, 0.05) is 12.6 Å². The Bertz CT molecular complexity index is 432. The van der Waals surface area contributed by atoms with Crippen molar-refractivity contribution in [2.45, 2.75) is 44.8 Å². The zero-order valence-corrected chi connectivity index (χ0v) is 10.6. The zero-order chi connectivity index (χ0) is 13.1. The maximum Gasteiger partial charge on any atom is 0.240 e. The highest BCUT2D eigenvalue weighted by Gasteiger charge is 2.34. The van der Waals surface area contributed by atoms with E-state index in [1.165, 1.54) is 12.1 Å². The summed E-state index contributed by atoms with van der Waals surface area (Å²) in [4.78, 5) is 13.9. The molecule has 1 aromatic rings. The summed E-state index contributed by atoms with van der Waals surface area (Å²) in [5, 5.41) is 0. The Labute approximate surface area is 107 Å². The summed E-state index contributed by atoms with van der Waals surface area (Å²) in [5.74, 6) is -0.292. The Morgan fingerprint density at radius 3 is 2.83 bits per heavy atom. The smallest absolute Gasteiger partial charge is 0.240 e. The molecule has 2 rings (SSSR count). The zero-order valence-electron chi connectivity index (χ0n) is 10.6. The van der Waals surface area contributed by atoms with E-state index in [0.717, 1.165) is 18.4 Å². The number of nitrogens with two attached hydrogens (primary N) is 1. The Morgan fingerprint density at radius 2 is 2.28 bits per heavy atom. The van der Waals surface area contributed by atoms with Crippen LogP contribution in [0.25, 0.3) is 0 Å². The van der Waals surface area contributed by atoms with E-state index < -0.39 is 6.04 Å². The van der Waals surface area contributed by atoms with E-state index in [1.54, 1.807) is 11.0 Å². The summed E-state index contributed by atoms with van der Waals surface area (Å²) in [6.45, 7) is 2.35. The van der Waals surface area contributed by atoms with E-state index >= 15 is 0 Å². The lowest BCUT2D eigenvalue weighted by molar-refractivity contribution is -0.133. The molecule has 1 aliphatic carbocycles. The van der Waals surface area contributed by atoms with Crippen LogP contribution in [0.2, 0.25) is 0 Å². The predicted molar refractivity (Wildman–Crippen MR) is 68.2 cm³/mol. The second kappa shape index (κ2) is 5.48. The Hall–Kier alpha value is -1.42. The highest BCUT2D eigenvalue weighted by molar-refractivity contribution is 5.82. The summed E-state index contributed by atoms with van der Waals surface area (Å²) in [6, 6.07) is 6.23. The van der Waals surface area contributed by atoms with Crippen LogP contribution in [0.3, 0.4) is 0 Å². The van der Waals surface area contributed by atoms with E-state index in [4.69, 9.17) is 5.73 Å². The molecule has 0 heterocycles. The first-order valence-corrected chi connectivity index (χ1v) is 6.42. The summed E-state index contributed by atoms with van der Waals surface area (Å²) in [6.07, 6.45) is 2.68. The number of halogens is 1. The van der Waals surface area contributed by atoms with Gasteiger partial charge in [0.25, 0.3) is 0 Å². The van der Waals surface area contributed by atoms with Gasteiger partial charge < -0.3 is 10.6 Å². The lowest BCUT2D eigenvalue weighted by atomic mass is 10.1. The lowest BCUT2D eigenvalue weighted by Crippen LogP contribution is -2.44. The van der Waals surface area contributed by atoms with Crippen molar-refractivity contribution in [1.29, 1.82) is 0 Å². The molecule has 0 bridgehead atoms. The first kappa shape index (κ1) is 13.0. The quantitative estimate of drug-likeness (QED) is 0.869. The third-order valence-electron chi connectivity index (χ3n) is 3.27. The molecule has 1 atom stereocenters. The molecule has 3 nitrogen and oxygen atoms in total. The summed E-state index contributed by atoms with van der Waals surface area (Å²) in [7, 11) is 0. The van der Waals surface area contributed by atoms with Gasteiger partial charge in [-0.2, -0.15) is 0 Å². The number of carbonyl (C=O) groups excluding carboxylic acids is 1. The van der Waals surface area contributed by atoms with Crippen LogP contribution in [0, 0.1) is 5.82 Å². The molecule has 1 amide bonds. The molecular formula is C14H19FN2O. The van der Waals surface area contributed by atoms with Crippen LogP contribution < -0.4 is 5.73 Å². The van der Waals surface area contributed by atoms with Crippen molar-refractivity contribution in [2.24, 2.45) is 5.73 Å². The normalized spacial score (nSPS) is 16.4. The van der Waals surface area contributed by atoms with E-state index in [-0.39, 0.29) is 11.7 Å². The van der Waals surface area contributed by atoms with Crippen LogP contribution in [-0.2, 0) is 11.3 Å². The monoisotopic (exact) mass is 250 g/mol. The highest BCUT2D eigenvalue weighted by atomic mass is 19.1. The van der Waals surface area contributed by atoms with Crippen LogP contribution in [0.4, 0.5) is 4.39 Å². The second-order valence-electron chi connectivity index (χ2n) is 4.84. The van der Waals surface area contributed by atoms with Crippen molar-refractivity contribution >= 4 is 5.91 Å². The van der Waals surface area contributed by atoms with Crippen molar-refractivity contribution in [2.75, 3.05) is 0 Å². The van der Waals surface area contributed by atoms with Gasteiger partial charge in [-0.3, -0.25) is 4.79 Å². The molecule has 0 unspecified atom stereocenters. The first-order chi connectivity index (χ1) is 8.61. The fourth-order valence-corrected chi connectivity index (χ4v) is 1.99. The summed E-state index contributed by atoms with van der Waals surface area (Å²) >= 11 is 0. The number of hydrogen-bond acceptors (Lipinski definition) is 2.